The first-order chi connectivity index (χ1) is 8.70. The van der Waals surface area contributed by atoms with Crippen LogP contribution in [0.5, 0.6) is 5.75 Å². The molecule has 1 atom stereocenters. The van der Waals surface area contributed by atoms with Gasteiger partial charge in [0.2, 0.25) is 0 Å². The summed E-state index contributed by atoms with van der Waals surface area (Å²) in [7, 11) is 1.68. The fourth-order valence-corrected chi connectivity index (χ4v) is 2.99. The lowest BCUT2D eigenvalue weighted by atomic mass is 10.00. The Morgan fingerprint density at radius 2 is 2.22 bits per heavy atom. The molecule has 2 rings (SSSR count). The van der Waals surface area contributed by atoms with Crippen LogP contribution in [-0.2, 0) is 6.42 Å². The molecule has 1 unspecified atom stereocenters. The summed E-state index contributed by atoms with van der Waals surface area (Å²) in [5.41, 5.74) is 8.67. The third kappa shape index (κ3) is 3.34. The molecule has 0 bridgehead atoms. The van der Waals surface area contributed by atoms with Crippen molar-refractivity contribution in [2.24, 2.45) is 5.73 Å². The first-order valence-electron chi connectivity index (χ1n) is 5.81. The van der Waals surface area contributed by atoms with Crippen molar-refractivity contribution in [2.75, 3.05) is 7.11 Å². The van der Waals surface area contributed by atoms with Crippen LogP contribution >= 0.6 is 27.3 Å². The summed E-state index contributed by atoms with van der Waals surface area (Å²) in [6.07, 6.45) is 1.92. The quantitative estimate of drug-likeness (QED) is 0.896. The summed E-state index contributed by atoms with van der Waals surface area (Å²) in [5, 5.41) is 4.27. The first-order valence-corrected chi connectivity index (χ1v) is 7.54. The number of aryl methyl sites for hydroxylation is 1. The van der Waals surface area contributed by atoms with E-state index in [2.05, 4.69) is 32.8 Å². The summed E-state index contributed by atoms with van der Waals surface area (Å²) >= 11 is 5.20. The minimum atomic E-state index is -0.00245. The van der Waals surface area contributed by atoms with E-state index in [0.29, 0.717) is 0 Å². The maximum absolute atomic E-state index is 6.26. The predicted octanol–water partition coefficient (Wildman–Crippen LogP) is 4.15. The van der Waals surface area contributed by atoms with E-state index in [4.69, 9.17) is 10.5 Å². The highest BCUT2D eigenvalue weighted by molar-refractivity contribution is 9.10. The summed E-state index contributed by atoms with van der Waals surface area (Å²) < 4.78 is 6.39. The van der Waals surface area contributed by atoms with Gasteiger partial charge in [-0.2, -0.15) is 11.3 Å². The van der Waals surface area contributed by atoms with Gasteiger partial charge in [-0.25, -0.2) is 0 Å². The lowest BCUT2D eigenvalue weighted by Gasteiger charge is -2.15. The average Bonchev–Trinajstić information content (AvgIpc) is 2.89. The molecule has 0 aliphatic heterocycles. The Hall–Kier alpha value is -0.840. The molecule has 2 nitrogen and oxygen atoms in total. The normalized spacial score (nSPS) is 12.4. The minimum Gasteiger partial charge on any atom is -0.496 e. The zero-order valence-electron chi connectivity index (χ0n) is 10.2. The van der Waals surface area contributed by atoms with Crippen LogP contribution in [0.3, 0.4) is 0 Å². The number of thiophene rings is 1. The molecule has 0 saturated heterocycles. The van der Waals surface area contributed by atoms with E-state index < -0.39 is 0 Å². The van der Waals surface area contributed by atoms with Gasteiger partial charge in [-0.1, -0.05) is 15.9 Å². The van der Waals surface area contributed by atoms with E-state index in [1.54, 1.807) is 18.4 Å². The van der Waals surface area contributed by atoms with E-state index in [9.17, 15) is 0 Å². The van der Waals surface area contributed by atoms with E-state index in [1.165, 1.54) is 5.56 Å². The number of hydrogen-bond donors (Lipinski definition) is 1. The van der Waals surface area contributed by atoms with Crippen LogP contribution in [0, 0.1) is 0 Å². The third-order valence-electron chi connectivity index (χ3n) is 2.92. The Bertz CT molecular complexity index is 499. The number of halogens is 1. The molecular formula is C14H16BrNOS. The molecule has 2 aromatic rings. The van der Waals surface area contributed by atoms with Gasteiger partial charge in [0.15, 0.2) is 0 Å². The molecule has 96 valence electrons. The van der Waals surface area contributed by atoms with E-state index in [0.717, 1.165) is 28.6 Å². The van der Waals surface area contributed by atoms with Crippen LogP contribution < -0.4 is 10.5 Å². The van der Waals surface area contributed by atoms with Crippen LogP contribution in [0.1, 0.15) is 23.6 Å². The van der Waals surface area contributed by atoms with Crippen molar-refractivity contribution in [3.8, 4) is 5.75 Å². The van der Waals surface area contributed by atoms with E-state index in [-0.39, 0.29) is 6.04 Å². The highest BCUT2D eigenvalue weighted by Crippen LogP contribution is 2.29. The standard InChI is InChI=1S/C14H16BrNOS/c1-17-14-5-3-11(15)8-12(14)13(16)4-2-10-6-7-18-9-10/h3,5-9,13H,2,4,16H2,1H3. The van der Waals surface area contributed by atoms with Gasteiger partial charge in [-0.15, -0.1) is 0 Å². The molecule has 2 N–H and O–H groups in total. The van der Waals surface area contributed by atoms with Gasteiger partial charge in [0, 0.05) is 16.1 Å². The number of methoxy groups -OCH3 is 1. The molecular weight excluding hydrogens is 310 g/mol. The Kier molecular flexibility index (Phi) is 4.80. The third-order valence-corrected chi connectivity index (χ3v) is 4.14. The van der Waals surface area contributed by atoms with Gasteiger partial charge < -0.3 is 10.5 Å². The van der Waals surface area contributed by atoms with Gasteiger partial charge in [-0.05, 0) is 53.4 Å². The zero-order chi connectivity index (χ0) is 13.0. The lowest BCUT2D eigenvalue weighted by Crippen LogP contribution is -2.12. The molecule has 18 heavy (non-hydrogen) atoms. The SMILES string of the molecule is COc1ccc(Br)cc1C(N)CCc1ccsc1. The van der Waals surface area contributed by atoms with Gasteiger partial charge in [0.25, 0.3) is 0 Å². The predicted molar refractivity (Wildman–Crippen MR) is 80.3 cm³/mol. The monoisotopic (exact) mass is 325 g/mol. The fraction of sp³-hybridized carbons (Fsp3) is 0.286. The van der Waals surface area contributed by atoms with Gasteiger partial charge in [0.05, 0.1) is 7.11 Å². The molecule has 0 aliphatic carbocycles. The molecule has 1 heterocycles. The Morgan fingerprint density at radius 1 is 1.39 bits per heavy atom. The van der Waals surface area contributed by atoms with Crippen molar-refractivity contribution in [1.29, 1.82) is 0 Å². The number of rotatable bonds is 5. The molecule has 1 aromatic heterocycles. The molecule has 0 amide bonds. The second-order valence-electron chi connectivity index (χ2n) is 4.16. The van der Waals surface area contributed by atoms with Gasteiger partial charge >= 0.3 is 0 Å². The van der Waals surface area contributed by atoms with Crippen LogP contribution in [0.4, 0.5) is 0 Å². The van der Waals surface area contributed by atoms with Crippen molar-refractivity contribution in [1.82, 2.24) is 0 Å². The summed E-state index contributed by atoms with van der Waals surface area (Å²) in [4.78, 5) is 0. The first kappa shape index (κ1) is 13.6. The van der Waals surface area contributed by atoms with Crippen molar-refractivity contribution < 1.29 is 4.74 Å². The van der Waals surface area contributed by atoms with Crippen LogP contribution in [0.25, 0.3) is 0 Å². The second-order valence-corrected chi connectivity index (χ2v) is 5.86. The molecule has 0 aliphatic rings. The topological polar surface area (TPSA) is 35.2 Å². The van der Waals surface area contributed by atoms with Gasteiger partial charge in [0.1, 0.15) is 5.75 Å². The van der Waals surface area contributed by atoms with Crippen LogP contribution in [0.2, 0.25) is 0 Å². The largest absolute Gasteiger partial charge is 0.496 e. The fourth-order valence-electron chi connectivity index (χ4n) is 1.91. The average molecular weight is 326 g/mol. The zero-order valence-corrected chi connectivity index (χ0v) is 12.6. The summed E-state index contributed by atoms with van der Waals surface area (Å²) in [6.45, 7) is 0. The Morgan fingerprint density at radius 3 is 2.89 bits per heavy atom. The maximum atomic E-state index is 6.26. The molecule has 0 saturated carbocycles. The van der Waals surface area contributed by atoms with Crippen LogP contribution in [0.15, 0.2) is 39.5 Å². The smallest absolute Gasteiger partial charge is 0.123 e. The molecule has 0 spiro atoms. The number of nitrogens with two attached hydrogens (primary N) is 1. The molecule has 0 radical (unpaired) electrons. The molecule has 1 aromatic carbocycles. The lowest BCUT2D eigenvalue weighted by molar-refractivity contribution is 0.404. The molecule has 0 fully saturated rings. The number of hydrogen-bond acceptors (Lipinski definition) is 3. The van der Waals surface area contributed by atoms with Crippen molar-refractivity contribution >= 4 is 27.3 Å². The molecule has 4 heteroatoms. The van der Waals surface area contributed by atoms with Crippen molar-refractivity contribution in [2.45, 2.75) is 18.9 Å². The Balaban J connectivity index is 2.08. The highest BCUT2D eigenvalue weighted by atomic mass is 79.9. The summed E-state index contributed by atoms with van der Waals surface area (Å²) in [5.74, 6) is 0.857. The second kappa shape index (κ2) is 6.36. The van der Waals surface area contributed by atoms with Crippen molar-refractivity contribution in [3.05, 3.63) is 50.6 Å². The van der Waals surface area contributed by atoms with E-state index >= 15 is 0 Å². The van der Waals surface area contributed by atoms with E-state index in [1.807, 2.05) is 18.2 Å². The maximum Gasteiger partial charge on any atom is 0.123 e. The van der Waals surface area contributed by atoms with Gasteiger partial charge in [-0.3, -0.25) is 0 Å². The van der Waals surface area contributed by atoms with Crippen LogP contribution in [-0.4, -0.2) is 7.11 Å². The number of ether oxygens (including phenoxy) is 1. The Labute approximate surface area is 120 Å². The highest BCUT2D eigenvalue weighted by Gasteiger charge is 2.12. The number of benzene rings is 1. The summed E-state index contributed by atoms with van der Waals surface area (Å²) in [6, 6.07) is 8.10. The van der Waals surface area contributed by atoms with Crippen molar-refractivity contribution in [3.63, 3.8) is 0 Å². The minimum absolute atomic E-state index is 0.00245.